The second kappa shape index (κ2) is 5.05. The fraction of sp³-hybridized carbons (Fsp3) is 0.182. The van der Waals surface area contributed by atoms with Crippen LogP contribution < -0.4 is 5.32 Å². The standard InChI is InChI=1S/C11H13NO3/c1-8(13)12-7-3-4-9-10(14)5-2-6-11(9)15/h2-6,14-15H,7H2,1H3,(H,12,13). The molecule has 80 valence electrons. The lowest BCUT2D eigenvalue weighted by Gasteiger charge is -2.01. The number of aromatic hydroxyl groups is 2. The highest BCUT2D eigenvalue weighted by Crippen LogP contribution is 2.27. The van der Waals surface area contributed by atoms with E-state index in [9.17, 15) is 15.0 Å². The SMILES string of the molecule is CC(=O)NCC=Cc1c(O)cccc1O. The van der Waals surface area contributed by atoms with Crippen molar-refractivity contribution in [1.29, 1.82) is 0 Å². The zero-order valence-corrected chi connectivity index (χ0v) is 8.40. The summed E-state index contributed by atoms with van der Waals surface area (Å²) < 4.78 is 0. The summed E-state index contributed by atoms with van der Waals surface area (Å²) in [5.41, 5.74) is 0.350. The van der Waals surface area contributed by atoms with Crippen LogP contribution in [0, 0.1) is 0 Å². The van der Waals surface area contributed by atoms with Gasteiger partial charge in [0.25, 0.3) is 0 Å². The molecule has 0 aliphatic heterocycles. The molecule has 3 N–H and O–H groups in total. The molecule has 0 bridgehead atoms. The number of phenols is 2. The van der Waals surface area contributed by atoms with Crippen LogP contribution in [0.15, 0.2) is 24.3 Å². The lowest BCUT2D eigenvalue weighted by molar-refractivity contribution is -0.118. The summed E-state index contributed by atoms with van der Waals surface area (Å²) in [6.07, 6.45) is 3.21. The van der Waals surface area contributed by atoms with Crippen LogP contribution in [0.3, 0.4) is 0 Å². The molecule has 15 heavy (non-hydrogen) atoms. The van der Waals surface area contributed by atoms with E-state index in [2.05, 4.69) is 5.32 Å². The topological polar surface area (TPSA) is 69.6 Å². The summed E-state index contributed by atoms with van der Waals surface area (Å²) in [6, 6.07) is 4.52. The molecule has 0 radical (unpaired) electrons. The zero-order valence-electron chi connectivity index (χ0n) is 8.40. The lowest BCUT2D eigenvalue weighted by atomic mass is 10.1. The van der Waals surface area contributed by atoms with Crippen molar-refractivity contribution in [2.24, 2.45) is 0 Å². The Morgan fingerprint density at radius 1 is 1.40 bits per heavy atom. The molecule has 0 heterocycles. The molecule has 0 fully saturated rings. The van der Waals surface area contributed by atoms with Crippen molar-refractivity contribution in [3.05, 3.63) is 29.8 Å². The molecule has 4 nitrogen and oxygen atoms in total. The second-order valence-electron chi connectivity index (χ2n) is 3.05. The molecular formula is C11H13NO3. The highest BCUT2D eigenvalue weighted by Gasteiger charge is 2.01. The number of hydrogen-bond donors (Lipinski definition) is 3. The van der Waals surface area contributed by atoms with Crippen molar-refractivity contribution < 1.29 is 15.0 Å². The van der Waals surface area contributed by atoms with Crippen LogP contribution in [-0.4, -0.2) is 22.7 Å². The van der Waals surface area contributed by atoms with Crippen molar-refractivity contribution in [1.82, 2.24) is 5.32 Å². The molecule has 0 unspecified atom stereocenters. The molecule has 1 aromatic rings. The van der Waals surface area contributed by atoms with Gasteiger partial charge in [-0.15, -0.1) is 0 Å². The van der Waals surface area contributed by atoms with Gasteiger partial charge in [0.05, 0.1) is 5.56 Å². The molecule has 0 aliphatic rings. The minimum Gasteiger partial charge on any atom is -0.507 e. The Labute approximate surface area is 87.9 Å². The molecule has 4 heteroatoms. The zero-order chi connectivity index (χ0) is 11.3. The van der Waals surface area contributed by atoms with Gasteiger partial charge in [0.1, 0.15) is 11.5 Å². The van der Waals surface area contributed by atoms with Crippen LogP contribution in [-0.2, 0) is 4.79 Å². The van der Waals surface area contributed by atoms with Gasteiger partial charge >= 0.3 is 0 Å². The van der Waals surface area contributed by atoms with E-state index in [-0.39, 0.29) is 17.4 Å². The molecular weight excluding hydrogens is 194 g/mol. The molecule has 0 saturated heterocycles. The average molecular weight is 207 g/mol. The van der Waals surface area contributed by atoms with E-state index in [0.717, 1.165) is 0 Å². The Morgan fingerprint density at radius 2 is 2.00 bits per heavy atom. The van der Waals surface area contributed by atoms with Gasteiger partial charge in [-0.2, -0.15) is 0 Å². The van der Waals surface area contributed by atoms with Crippen LogP contribution in [0.1, 0.15) is 12.5 Å². The number of nitrogens with one attached hydrogen (secondary N) is 1. The third kappa shape index (κ3) is 3.34. The van der Waals surface area contributed by atoms with Gasteiger partial charge in [-0.1, -0.05) is 12.1 Å². The van der Waals surface area contributed by atoms with Crippen LogP contribution in [0.4, 0.5) is 0 Å². The van der Waals surface area contributed by atoms with E-state index >= 15 is 0 Å². The number of phenolic OH excluding ortho intramolecular Hbond substituents is 2. The molecule has 0 aromatic heterocycles. The minimum absolute atomic E-state index is 0.00840. The van der Waals surface area contributed by atoms with Crippen molar-refractivity contribution in [3.8, 4) is 11.5 Å². The first-order valence-electron chi connectivity index (χ1n) is 4.53. The van der Waals surface area contributed by atoms with E-state index in [1.165, 1.54) is 19.1 Å². The molecule has 1 rings (SSSR count). The molecule has 0 saturated carbocycles. The summed E-state index contributed by atoms with van der Waals surface area (Å²) in [5.74, 6) is -0.107. The number of carbonyl (C=O) groups excluding carboxylic acids is 1. The summed E-state index contributed by atoms with van der Waals surface area (Å²) in [5, 5.41) is 21.4. The van der Waals surface area contributed by atoms with Crippen molar-refractivity contribution in [2.75, 3.05) is 6.54 Å². The third-order valence-corrected chi connectivity index (χ3v) is 1.81. The Balaban J connectivity index is 2.67. The smallest absolute Gasteiger partial charge is 0.217 e. The number of rotatable bonds is 3. The maximum atomic E-state index is 10.5. The Morgan fingerprint density at radius 3 is 2.53 bits per heavy atom. The summed E-state index contributed by atoms with van der Waals surface area (Å²) >= 11 is 0. The number of amides is 1. The highest BCUT2D eigenvalue weighted by molar-refractivity contribution is 5.73. The molecule has 0 atom stereocenters. The Bertz CT molecular complexity index is 365. The van der Waals surface area contributed by atoms with Crippen molar-refractivity contribution in [3.63, 3.8) is 0 Å². The van der Waals surface area contributed by atoms with E-state index in [0.29, 0.717) is 12.1 Å². The maximum absolute atomic E-state index is 10.5. The van der Waals surface area contributed by atoms with E-state index in [1.807, 2.05) is 0 Å². The average Bonchev–Trinajstić information content (AvgIpc) is 2.15. The maximum Gasteiger partial charge on any atom is 0.217 e. The predicted molar refractivity (Wildman–Crippen MR) is 57.5 cm³/mol. The van der Waals surface area contributed by atoms with Gasteiger partial charge in [-0.3, -0.25) is 4.79 Å². The van der Waals surface area contributed by atoms with Crippen LogP contribution in [0.2, 0.25) is 0 Å². The Kier molecular flexibility index (Phi) is 3.74. The molecule has 0 spiro atoms. The highest BCUT2D eigenvalue weighted by atomic mass is 16.3. The summed E-state index contributed by atoms with van der Waals surface area (Å²) in [4.78, 5) is 10.5. The van der Waals surface area contributed by atoms with Gasteiger partial charge < -0.3 is 15.5 Å². The van der Waals surface area contributed by atoms with Crippen molar-refractivity contribution in [2.45, 2.75) is 6.92 Å². The van der Waals surface area contributed by atoms with Crippen LogP contribution >= 0.6 is 0 Å². The predicted octanol–water partition coefficient (Wildman–Crippen LogP) is 1.25. The van der Waals surface area contributed by atoms with Gasteiger partial charge in [-0.05, 0) is 18.2 Å². The first-order valence-corrected chi connectivity index (χ1v) is 4.53. The van der Waals surface area contributed by atoms with Gasteiger partial charge in [-0.25, -0.2) is 0 Å². The number of benzene rings is 1. The molecule has 1 amide bonds. The molecule has 0 aliphatic carbocycles. The van der Waals surface area contributed by atoms with E-state index in [4.69, 9.17) is 0 Å². The minimum atomic E-state index is -0.124. The third-order valence-electron chi connectivity index (χ3n) is 1.81. The normalized spacial score (nSPS) is 10.5. The van der Waals surface area contributed by atoms with Crippen LogP contribution in [0.5, 0.6) is 11.5 Å². The quantitative estimate of drug-likeness (QED) is 0.698. The van der Waals surface area contributed by atoms with Crippen LogP contribution in [0.25, 0.3) is 6.08 Å². The van der Waals surface area contributed by atoms with E-state index < -0.39 is 0 Å². The first-order chi connectivity index (χ1) is 7.11. The van der Waals surface area contributed by atoms with E-state index in [1.54, 1.807) is 18.2 Å². The summed E-state index contributed by atoms with van der Waals surface area (Å²) in [7, 11) is 0. The fourth-order valence-electron chi connectivity index (χ4n) is 1.09. The lowest BCUT2D eigenvalue weighted by Crippen LogP contribution is -2.19. The monoisotopic (exact) mass is 207 g/mol. The second-order valence-corrected chi connectivity index (χ2v) is 3.05. The van der Waals surface area contributed by atoms with Gasteiger partial charge in [0, 0.05) is 13.5 Å². The largest absolute Gasteiger partial charge is 0.507 e. The van der Waals surface area contributed by atoms with Crippen molar-refractivity contribution >= 4 is 12.0 Å². The molecule has 1 aromatic carbocycles. The van der Waals surface area contributed by atoms with Gasteiger partial charge in [0.2, 0.25) is 5.91 Å². The summed E-state index contributed by atoms with van der Waals surface area (Å²) in [6.45, 7) is 1.79. The first kappa shape index (κ1) is 11.1. The number of carbonyl (C=O) groups is 1. The number of hydrogen-bond acceptors (Lipinski definition) is 3. The van der Waals surface area contributed by atoms with Gasteiger partial charge in [0.15, 0.2) is 0 Å². The Hall–Kier alpha value is -1.97. The fourth-order valence-corrected chi connectivity index (χ4v) is 1.09.